The van der Waals surface area contributed by atoms with Gasteiger partial charge in [0.2, 0.25) is 0 Å². The zero-order chi connectivity index (χ0) is 14.0. The molecule has 1 atom stereocenters. The Hall–Kier alpha value is -1.75. The second kappa shape index (κ2) is 5.09. The van der Waals surface area contributed by atoms with Gasteiger partial charge in [-0.1, -0.05) is 18.2 Å². The highest BCUT2D eigenvalue weighted by Gasteiger charge is 2.34. The molecule has 1 aromatic heterocycles. The second-order valence-corrected chi connectivity index (χ2v) is 4.49. The molecule has 19 heavy (non-hydrogen) atoms. The molecule has 0 aliphatic carbocycles. The maximum Gasteiger partial charge on any atom is 0.417 e. The largest absolute Gasteiger partial charge is 0.461 e. The van der Waals surface area contributed by atoms with E-state index in [0.29, 0.717) is 12.2 Å². The van der Waals surface area contributed by atoms with Crippen molar-refractivity contribution in [1.82, 2.24) is 0 Å². The first-order valence-corrected chi connectivity index (χ1v) is 5.89. The summed E-state index contributed by atoms with van der Waals surface area (Å²) in [7, 11) is 0. The fraction of sp³-hybridized carbons (Fsp3) is 0.286. The van der Waals surface area contributed by atoms with Gasteiger partial charge in [-0.2, -0.15) is 13.2 Å². The maximum atomic E-state index is 12.9. The lowest BCUT2D eigenvalue weighted by Gasteiger charge is -2.10. The number of halogens is 3. The van der Waals surface area contributed by atoms with E-state index in [1.807, 2.05) is 6.92 Å². The minimum atomic E-state index is -4.40. The molecular weight excluding hydrogens is 255 g/mol. The number of nitrogens with two attached hydrogens (primary N) is 1. The van der Waals surface area contributed by atoms with E-state index < -0.39 is 11.7 Å². The lowest BCUT2D eigenvalue weighted by molar-refractivity contribution is -0.137. The van der Waals surface area contributed by atoms with Gasteiger partial charge < -0.3 is 10.2 Å². The van der Waals surface area contributed by atoms with Gasteiger partial charge in [0.05, 0.1) is 5.56 Å². The molecule has 0 saturated heterocycles. The molecule has 0 bridgehead atoms. The Bertz CT molecular complexity index is 558. The molecule has 102 valence electrons. The van der Waals surface area contributed by atoms with E-state index in [2.05, 4.69) is 0 Å². The molecule has 0 aliphatic heterocycles. The van der Waals surface area contributed by atoms with Gasteiger partial charge in [-0.3, -0.25) is 0 Å². The van der Waals surface area contributed by atoms with Crippen molar-refractivity contribution >= 4 is 0 Å². The van der Waals surface area contributed by atoms with Crippen LogP contribution in [0.1, 0.15) is 18.2 Å². The van der Waals surface area contributed by atoms with E-state index in [0.717, 1.165) is 6.07 Å². The molecule has 0 radical (unpaired) electrons. The Morgan fingerprint density at radius 3 is 2.47 bits per heavy atom. The fourth-order valence-corrected chi connectivity index (χ4v) is 1.89. The maximum absolute atomic E-state index is 12.9. The van der Waals surface area contributed by atoms with Gasteiger partial charge in [-0.15, -0.1) is 0 Å². The van der Waals surface area contributed by atoms with E-state index in [1.54, 1.807) is 18.2 Å². The zero-order valence-corrected chi connectivity index (χ0v) is 10.4. The summed E-state index contributed by atoms with van der Waals surface area (Å²) in [5.74, 6) is 0.797. The van der Waals surface area contributed by atoms with Gasteiger partial charge in [0.1, 0.15) is 11.5 Å². The standard InChI is InChI=1S/C14H14F3NO/c1-9(18)8-10-6-7-13(19-10)11-4-2-3-5-12(11)14(15,16)17/h2-7,9H,8,18H2,1H3. The highest BCUT2D eigenvalue weighted by atomic mass is 19.4. The monoisotopic (exact) mass is 269 g/mol. The summed E-state index contributed by atoms with van der Waals surface area (Å²) in [6, 6.07) is 8.46. The van der Waals surface area contributed by atoms with E-state index in [-0.39, 0.29) is 17.4 Å². The molecule has 1 unspecified atom stereocenters. The van der Waals surface area contributed by atoms with Crippen molar-refractivity contribution in [3.8, 4) is 11.3 Å². The lowest BCUT2D eigenvalue weighted by atomic mass is 10.1. The third-order valence-corrected chi connectivity index (χ3v) is 2.68. The molecule has 2 nitrogen and oxygen atoms in total. The van der Waals surface area contributed by atoms with Crippen molar-refractivity contribution in [2.24, 2.45) is 5.73 Å². The van der Waals surface area contributed by atoms with Crippen molar-refractivity contribution < 1.29 is 17.6 Å². The van der Waals surface area contributed by atoms with Crippen LogP contribution in [0, 0.1) is 0 Å². The Labute approximate surface area is 109 Å². The average molecular weight is 269 g/mol. The van der Waals surface area contributed by atoms with E-state index in [4.69, 9.17) is 10.2 Å². The third-order valence-electron chi connectivity index (χ3n) is 2.68. The molecule has 0 saturated carbocycles. The average Bonchev–Trinajstić information content (AvgIpc) is 2.75. The first-order chi connectivity index (χ1) is 8.88. The minimum Gasteiger partial charge on any atom is -0.461 e. The summed E-state index contributed by atoms with van der Waals surface area (Å²) in [4.78, 5) is 0. The van der Waals surface area contributed by atoms with Crippen LogP contribution < -0.4 is 5.73 Å². The summed E-state index contributed by atoms with van der Waals surface area (Å²) in [5.41, 5.74) is 4.98. The number of benzene rings is 1. The van der Waals surface area contributed by atoms with Crippen molar-refractivity contribution in [1.29, 1.82) is 0 Å². The van der Waals surface area contributed by atoms with Crippen LogP contribution in [0.25, 0.3) is 11.3 Å². The number of rotatable bonds is 3. The summed E-state index contributed by atoms with van der Waals surface area (Å²) in [5, 5.41) is 0. The molecule has 1 heterocycles. The van der Waals surface area contributed by atoms with E-state index in [1.165, 1.54) is 12.1 Å². The first-order valence-electron chi connectivity index (χ1n) is 5.89. The van der Waals surface area contributed by atoms with Crippen LogP contribution >= 0.6 is 0 Å². The third kappa shape index (κ3) is 3.17. The number of hydrogen-bond donors (Lipinski definition) is 1. The van der Waals surface area contributed by atoms with Gasteiger partial charge in [0.15, 0.2) is 0 Å². The van der Waals surface area contributed by atoms with E-state index in [9.17, 15) is 13.2 Å². The predicted octanol–water partition coefficient (Wildman–Crippen LogP) is 3.86. The van der Waals surface area contributed by atoms with Crippen LogP contribution in [0.5, 0.6) is 0 Å². The van der Waals surface area contributed by atoms with Crippen molar-refractivity contribution in [2.45, 2.75) is 25.6 Å². The number of hydrogen-bond acceptors (Lipinski definition) is 2. The summed E-state index contributed by atoms with van der Waals surface area (Å²) >= 11 is 0. The van der Waals surface area contributed by atoms with Gasteiger partial charge in [0.25, 0.3) is 0 Å². The van der Waals surface area contributed by atoms with Crippen LogP contribution in [-0.4, -0.2) is 6.04 Å². The molecule has 0 spiro atoms. The molecule has 0 aliphatic rings. The van der Waals surface area contributed by atoms with Crippen molar-refractivity contribution in [3.63, 3.8) is 0 Å². The molecule has 2 N–H and O–H groups in total. The molecule has 5 heteroatoms. The van der Waals surface area contributed by atoms with Gasteiger partial charge >= 0.3 is 6.18 Å². The Kier molecular flexibility index (Phi) is 3.66. The molecule has 0 amide bonds. The Morgan fingerprint density at radius 1 is 1.16 bits per heavy atom. The van der Waals surface area contributed by atoms with Crippen LogP contribution in [0.4, 0.5) is 13.2 Å². The highest BCUT2D eigenvalue weighted by molar-refractivity contribution is 5.63. The number of alkyl halides is 3. The summed E-state index contributed by atoms with van der Waals surface area (Å²) in [6.45, 7) is 1.81. The highest BCUT2D eigenvalue weighted by Crippen LogP contribution is 2.37. The summed E-state index contributed by atoms with van der Waals surface area (Å²) in [6.07, 6.45) is -3.90. The van der Waals surface area contributed by atoms with E-state index >= 15 is 0 Å². The molecule has 1 aromatic carbocycles. The number of furan rings is 1. The Morgan fingerprint density at radius 2 is 1.84 bits per heavy atom. The minimum absolute atomic E-state index is 0.0472. The molecular formula is C14H14F3NO. The fourth-order valence-electron chi connectivity index (χ4n) is 1.89. The Balaban J connectivity index is 2.39. The normalized spacial score (nSPS) is 13.5. The van der Waals surface area contributed by atoms with Crippen molar-refractivity contribution in [2.75, 3.05) is 0 Å². The molecule has 2 aromatic rings. The first kappa shape index (κ1) is 13.7. The molecule has 0 fully saturated rings. The van der Waals surface area contributed by atoms with Crippen LogP contribution in [-0.2, 0) is 12.6 Å². The van der Waals surface area contributed by atoms with Crippen molar-refractivity contribution in [3.05, 3.63) is 47.7 Å². The zero-order valence-electron chi connectivity index (χ0n) is 10.4. The van der Waals surface area contributed by atoms with Gasteiger partial charge in [-0.05, 0) is 25.1 Å². The molecule has 2 rings (SSSR count). The summed E-state index contributed by atoms with van der Waals surface area (Å²) < 4.78 is 44.1. The topological polar surface area (TPSA) is 39.2 Å². The van der Waals surface area contributed by atoms with Crippen LogP contribution in [0.15, 0.2) is 40.8 Å². The van der Waals surface area contributed by atoms with Gasteiger partial charge in [-0.25, -0.2) is 0 Å². The second-order valence-electron chi connectivity index (χ2n) is 4.49. The van der Waals surface area contributed by atoms with Gasteiger partial charge in [0, 0.05) is 18.0 Å². The predicted molar refractivity (Wildman–Crippen MR) is 66.5 cm³/mol. The lowest BCUT2D eigenvalue weighted by Crippen LogP contribution is -2.17. The van der Waals surface area contributed by atoms with Crippen LogP contribution in [0.3, 0.4) is 0 Å². The SMILES string of the molecule is CC(N)Cc1ccc(-c2ccccc2C(F)(F)F)o1. The van der Waals surface area contributed by atoms with Crippen LogP contribution in [0.2, 0.25) is 0 Å². The quantitative estimate of drug-likeness (QED) is 0.919. The smallest absolute Gasteiger partial charge is 0.417 e.